The van der Waals surface area contributed by atoms with Crippen LogP contribution < -0.4 is 11.5 Å². The van der Waals surface area contributed by atoms with Gasteiger partial charge in [0, 0.05) is 44.2 Å². The number of unbranched alkanes of at least 4 members (excludes halogenated alkanes) is 1. The molecule has 1 aliphatic heterocycles. The molecule has 3 aliphatic carbocycles. The fourth-order valence-electron chi connectivity index (χ4n) is 12.2. The van der Waals surface area contributed by atoms with Crippen LogP contribution in [-0.2, 0) is 25.1 Å². The van der Waals surface area contributed by atoms with E-state index in [0.29, 0.717) is 39.3 Å². The lowest BCUT2D eigenvalue weighted by Crippen LogP contribution is -2.50. The molecule has 4 aliphatic rings. The van der Waals surface area contributed by atoms with Crippen molar-refractivity contribution in [2.75, 3.05) is 46.8 Å². The number of aliphatic hydroxyl groups is 1. The molecule has 1 atom stereocenters. The van der Waals surface area contributed by atoms with Gasteiger partial charge in [-0.25, -0.2) is 0 Å². The van der Waals surface area contributed by atoms with Crippen LogP contribution in [-0.4, -0.2) is 68.7 Å². The standard InChI is InChI=1S/C57H61N3O4/c1-63-30-25-55(26-31-64-38-61)36-57(37-55)51-33-42(40-12-6-3-7-13-40)16-20-47(51)48-22-18-44(35-52(48)57)43-17-21-46-45-19-15-41(39-10-4-2-5-11-39)32-49(45)56(50(46)34-43)23-28-60(29-24-56)54(62)53(59)14-8-9-27-58/h2-7,10-13,15-22,32-35,53,61H,8-9,14,23-31,36-38,58-59H2,1H3. The highest BCUT2D eigenvalue weighted by Crippen LogP contribution is 2.68. The number of carbonyl (C=O) groups is 1. The van der Waals surface area contributed by atoms with Gasteiger partial charge < -0.3 is 30.9 Å². The van der Waals surface area contributed by atoms with E-state index in [1.807, 2.05) is 4.90 Å². The fraction of sp³-hybridized carbons (Fsp3) is 0.351. The number of nitrogens with two attached hydrogens (primary N) is 2. The molecule has 1 unspecified atom stereocenters. The molecule has 1 saturated carbocycles. The number of aliphatic hydroxyl groups excluding tert-OH is 1. The van der Waals surface area contributed by atoms with Crippen molar-refractivity contribution in [3.8, 4) is 55.6 Å². The smallest absolute Gasteiger partial charge is 0.239 e. The van der Waals surface area contributed by atoms with E-state index in [0.717, 1.165) is 51.4 Å². The molecule has 0 aromatic heterocycles. The minimum Gasteiger partial charge on any atom is -0.385 e. The second-order valence-electron chi connectivity index (χ2n) is 19.0. The summed E-state index contributed by atoms with van der Waals surface area (Å²) in [6.07, 6.45) is 7.92. The summed E-state index contributed by atoms with van der Waals surface area (Å²) in [4.78, 5) is 15.7. The minimum atomic E-state index is -0.492. The molecule has 0 bridgehead atoms. The van der Waals surface area contributed by atoms with Crippen LogP contribution in [0.15, 0.2) is 133 Å². The summed E-state index contributed by atoms with van der Waals surface area (Å²) in [7, 11) is 1.79. The van der Waals surface area contributed by atoms with E-state index >= 15 is 0 Å². The number of rotatable bonds is 15. The van der Waals surface area contributed by atoms with Crippen LogP contribution in [0.1, 0.15) is 80.0 Å². The Bertz CT molecular complexity index is 2650. The van der Waals surface area contributed by atoms with Crippen LogP contribution in [0.4, 0.5) is 0 Å². The average molecular weight is 852 g/mol. The monoisotopic (exact) mass is 851 g/mol. The van der Waals surface area contributed by atoms with Gasteiger partial charge in [-0.3, -0.25) is 4.79 Å². The maximum Gasteiger partial charge on any atom is 0.239 e. The van der Waals surface area contributed by atoms with Gasteiger partial charge in [-0.05, 0) is 165 Å². The number of benzene rings is 6. The number of ether oxygens (including phenoxy) is 2. The zero-order chi connectivity index (χ0) is 43.9. The molecule has 2 fully saturated rings. The Morgan fingerprint density at radius 1 is 0.625 bits per heavy atom. The van der Waals surface area contributed by atoms with Gasteiger partial charge in [-0.2, -0.15) is 0 Å². The zero-order valence-electron chi connectivity index (χ0n) is 37.2. The van der Waals surface area contributed by atoms with Crippen molar-refractivity contribution >= 4 is 5.91 Å². The topological polar surface area (TPSA) is 111 Å². The maximum absolute atomic E-state index is 13.7. The van der Waals surface area contributed by atoms with Crippen LogP contribution in [0.25, 0.3) is 55.6 Å². The normalized spacial score (nSPS) is 20.4. The lowest BCUT2D eigenvalue weighted by atomic mass is 9.47. The van der Waals surface area contributed by atoms with E-state index in [1.165, 1.54) is 77.9 Å². The van der Waals surface area contributed by atoms with E-state index in [4.69, 9.17) is 20.9 Å². The molecule has 7 nitrogen and oxygen atoms in total. The minimum absolute atomic E-state index is 0.0395. The van der Waals surface area contributed by atoms with Crippen LogP contribution in [0, 0.1) is 5.41 Å². The van der Waals surface area contributed by atoms with Gasteiger partial charge in [0.05, 0.1) is 6.04 Å². The highest BCUT2D eigenvalue weighted by atomic mass is 16.6. The van der Waals surface area contributed by atoms with E-state index in [2.05, 4.69) is 133 Å². The Morgan fingerprint density at radius 3 is 1.53 bits per heavy atom. The number of likely N-dealkylation sites (tertiary alicyclic amines) is 1. The molecular weight excluding hydrogens is 791 g/mol. The molecule has 328 valence electrons. The summed E-state index contributed by atoms with van der Waals surface area (Å²) < 4.78 is 11.2. The Balaban J connectivity index is 1.04. The molecular formula is C57H61N3O4. The summed E-state index contributed by atoms with van der Waals surface area (Å²) in [5, 5.41) is 9.54. The highest BCUT2D eigenvalue weighted by molar-refractivity contribution is 5.90. The zero-order valence-corrected chi connectivity index (χ0v) is 37.2. The van der Waals surface area contributed by atoms with E-state index in [9.17, 15) is 9.90 Å². The first-order chi connectivity index (χ1) is 31.3. The summed E-state index contributed by atoms with van der Waals surface area (Å²) in [5.74, 6) is 0.0595. The number of carbonyl (C=O) groups excluding carboxylic acids is 1. The summed E-state index contributed by atoms with van der Waals surface area (Å²) in [6.45, 7) is 2.91. The average Bonchev–Trinajstić information content (AvgIpc) is 3.76. The molecule has 0 radical (unpaired) electrons. The Labute approximate surface area is 378 Å². The molecule has 1 amide bonds. The van der Waals surface area contributed by atoms with Gasteiger partial charge in [0.2, 0.25) is 5.91 Å². The third-order valence-corrected chi connectivity index (χ3v) is 15.5. The molecule has 5 N–H and O–H groups in total. The van der Waals surface area contributed by atoms with Crippen LogP contribution in [0.5, 0.6) is 0 Å². The lowest BCUT2D eigenvalue weighted by Gasteiger charge is -2.56. The van der Waals surface area contributed by atoms with Gasteiger partial charge in [0.1, 0.15) is 6.79 Å². The first-order valence-electron chi connectivity index (χ1n) is 23.4. The largest absolute Gasteiger partial charge is 0.385 e. The predicted molar refractivity (Wildman–Crippen MR) is 258 cm³/mol. The summed E-state index contributed by atoms with van der Waals surface area (Å²) >= 11 is 0. The van der Waals surface area contributed by atoms with Crippen molar-refractivity contribution < 1.29 is 19.4 Å². The Hall–Kier alpha value is -5.41. The van der Waals surface area contributed by atoms with Gasteiger partial charge in [0.15, 0.2) is 0 Å². The van der Waals surface area contributed by atoms with Crippen molar-refractivity contribution in [2.24, 2.45) is 16.9 Å². The molecule has 2 spiro atoms. The van der Waals surface area contributed by atoms with Crippen molar-refractivity contribution in [1.29, 1.82) is 0 Å². The Kier molecular flexibility index (Phi) is 11.6. The molecule has 1 heterocycles. The van der Waals surface area contributed by atoms with Crippen molar-refractivity contribution in [3.05, 3.63) is 156 Å². The van der Waals surface area contributed by atoms with Gasteiger partial charge in [-0.15, -0.1) is 0 Å². The molecule has 6 aromatic rings. The second-order valence-corrected chi connectivity index (χ2v) is 19.0. The summed E-state index contributed by atoms with van der Waals surface area (Å²) in [5.41, 5.74) is 30.0. The molecule has 6 aromatic carbocycles. The van der Waals surface area contributed by atoms with Gasteiger partial charge in [0.25, 0.3) is 0 Å². The van der Waals surface area contributed by atoms with Crippen LogP contribution in [0.2, 0.25) is 0 Å². The molecule has 7 heteroatoms. The third kappa shape index (κ3) is 7.32. The fourth-order valence-corrected chi connectivity index (χ4v) is 12.2. The third-order valence-electron chi connectivity index (χ3n) is 15.5. The quantitative estimate of drug-likeness (QED) is 0.0701. The number of hydrogen-bond donors (Lipinski definition) is 3. The molecule has 1 saturated heterocycles. The predicted octanol–water partition coefficient (Wildman–Crippen LogP) is 10.5. The van der Waals surface area contributed by atoms with Crippen molar-refractivity contribution in [3.63, 3.8) is 0 Å². The maximum atomic E-state index is 13.7. The lowest BCUT2D eigenvalue weighted by molar-refractivity contribution is -0.134. The van der Waals surface area contributed by atoms with E-state index < -0.39 is 6.04 Å². The summed E-state index contributed by atoms with van der Waals surface area (Å²) in [6, 6.07) is 49.4. The number of hydrogen-bond acceptors (Lipinski definition) is 6. The first kappa shape index (κ1) is 42.5. The second kappa shape index (κ2) is 17.5. The number of nitrogens with zero attached hydrogens (tertiary/aromatic N) is 1. The van der Waals surface area contributed by atoms with Gasteiger partial charge in [-0.1, -0.05) is 116 Å². The number of methoxy groups -OCH3 is 1. The first-order valence-corrected chi connectivity index (χ1v) is 23.4. The van der Waals surface area contributed by atoms with E-state index in [-0.39, 0.29) is 28.9 Å². The van der Waals surface area contributed by atoms with E-state index in [1.54, 1.807) is 7.11 Å². The van der Waals surface area contributed by atoms with Crippen molar-refractivity contribution in [1.82, 2.24) is 4.90 Å². The van der Waals surface area contributed by atoms with Crippen LogP contribution >= 0.6 is 0 Å². The number of piperidine rings is 1. The number of amides is 1. The number of fused-ring (bicyclic) bond motifs is 10. The molecule has 10 rings (SSSR count). The van der Waals surface area contributed by atoms with Crippen molar-refractivity contribution in [2.45, 2.75) is 74.7 Å². The Morgan fingerprint density at radius 2 is 1.08 bits per heavy atom. The van der Waals surface area contributed by atoms with Crippen LogP contribution in [0.3, 0.4) is 0 Å². The van der Waals surface area contributed by atoms with Gasteiger partial charge >= 0.3 is 0 Å². The molecule has 64 heavy (non-hydrogen) atoms. The highest BCUT2D eigenvalue weighted by Gasteiger charge is 2.59. The SMILES string of the molecule is COCCC1(CCOCO)CC2(C1)c1cc(-c3ccccc3)ccc1-c1ccc(-c3ccc4c(c3)C3(CCN(C(=O)C(N)CCCCN)CC3)c3cc(-c5ccccc5)ccc3-4)cc12.